The van der Waals surface area contributed by atoms with Gasteiger partial charge in [-0.3, -0.25) is 4.90 Å². The van der Waals surface area contributed by atoms with Crippen LogP contribution in [0.5, 0.6) is 0 Å². The first-order chi connectivity index (χ1) is 11.7. The SMILES string of the molecule is CC(C)(C)COC(=O)C1CC=C(B2OC(C)(C)C(C)(C)O2)CN1C(=O)O. The lowest BCUT2D eigenvalue weighted by atomic mass is 9.75. The molecule has 0 aromatic carbocycles. The lowest BCUT2D eigenvalue weighted by Crippen LogP contribution is -2.50. The summed E-state index contributed by atoms with van der Waals surface area (Å²) < 4.78 is 17.3. The Labute approximate surface area is 155 Å². The highest BCUT2D eigenvalue weighted by atomic mass is 16.7. The maximum Gasteiger partial charge on any atom is 0.492 e. The van der Waals surface area contributed by atoms with Crippen molar-refractivity contribution in [1.82, 2.24) is 4.90 Å². The van der Waals surface area contributed by atoms with E-state index in [1.54, 1.807) is 0 Å². The third-order valence-corrected chi connectivity index (χ3v) is 5.05. The molecule has 1 unspecified atom stereocenters. The third kappa shape index (κ3) is 4.41. The van der Waals surface area contributed by atoms with Gasteiger partial charge in [-0.15, -0.1) is 0 Å². The molecule has 0 spiro atoms. The fraction of sp³-hybridized carbons (Fsp3) is 0.778. The lowest BCUT2D eigenvalue weighted by Gasteiger charge is -2.33. The number of hydrogen-bond donors (Lipinski definition) is 1. The molecule has 8 heteroatoms. The van der Waals surface area contributed by atoms with E-state index in [1.807, 2.05) is 54.5 Å². The molecule has 7 nitrogen and oxygen atoms in total. The molecule has 0 aliphatic carbocycles. The summed E-state index contributed by atoms with van der Waals surface area (Å²) in [6.07, 6.45) is 0.920. The van der Waals surface area contributed by atoms with Gasteiger partial charge in [-0.2, -0.15) is 0 Å². The molecule has 1 amide bonds. The molecule has 146 valence electrons. The molecule has 0 aromatic rings. The predicted octanol–water partition coefficient (Wildman–Crippen LogP) is 2.89. The zero-order valence-corrected chi connectivity index (χ0v) is 16.8. The molecule has 2 heterocycles. The zero-order valence-electron chi connectivity index (χ0n) is 16.8. The van der Waals surface area contributed by atoms with E-state index in [0.717, 1.165) is 4.90 Å². The van der Waals surface area contributed by atoms with Gasteiger partial charge in [0.1, 0.15) is 6.04 Å². The van der Waals surface area contributed by atoms with Gasteiger partial charge in [0, 0.05) is 6.54 Å². The van der Waals surface area contributed by atoms with E-state index < -0.39 is 36.4 Å². The largest absolute Gasteiger partial charge is 0.492 e. The van der Waals surface area contributed by atoms with Crippen molar-refractivity contribution in [3.8, 4) is 0 Å². The Hall–Kier alpha value is -1.54. The molecule has 1 saturated heterocycles. The van der Waals surface area contributed by atoms with Crippen LogP contribution in [-0.4, -0.2) is 59.6 Å². The second-order valence-electron chi connectivity index (χ2n) is 9.20. The zero-order chi connectivity index (χ0) is 19.9. The number of ether oxygens (including phenoxy) is 1. The second kappa shape index (κ2) is 6.89. The van der Waals surface area contributed by atoms with Crippen LogP contribution in [0.1, 0.15) is 54.9 Å². The van der Waals surface area contributed by atoms with Crippen LogP contribution in [0.4, 0.5) is 4.79 Å². The van der Waals surface area contributed by atoms with Crippen LogP contribution in [0.3, 0.4) is 0 Å². The summed E-state index contributed by atoms with van der Waals surface area (Å²) in [4.78, 5) is 25.2. The van der Waals surface area contributed by atoms with Crippen LogP contribution in [0.15, 0.2) is 11.5 Å². The van der Waals surface area contributed by atoms with Crippen molar-refractivity contribution in [1.29, 1.82) is 0 Å². The lowest BCUT2D eigenvalue weighted by molar-refractivity contribution is -0.152. The monoisotopic (exact) mass is 367 g/mol. The van der Waals surface area contributed by atoms with Crippen molar-refractivity contribution in [2.75, 3.05) is 13.2 Å². The molecule has 2 aliphatic rings. The molecular weight excluding hydrogens is 337 g/mol. The van der Waals surface area contributed by atoms with Gasteiger partial charge in [-0.25, -0.2) is 9.59 Å². The highest BCUT2D eigenvalue weighted by molar-refractivity contribution is 6.54. The maximum atomic E-state index is 12.4. The number of carbonyl (C=O) groups is 2. The van der Waals surface area contributed by atoms with E-state index in [9.17, 15) is 14.7 Å². The van der Waals surface area contributed by atoms with E-state index >= 15 is 0 Å². The van der Waals surface area contributed by atoms with Crippen LogP contribution >= 0.6 is 0 Å². The number of amides is 1. The first-order valence-corrected chi connectivity index (χ1v) is 8.94. The molecule has 1 N–H and O–H groups in total. The fourth-order valence-electron chi connectivity index (χ4n) is 2.74. The van der Waals surface area contributed by atoms with Gasteiger partial charge in [0.25, 0.3) is 0 Å². The molecular formula is C18H30BNO6. The van der Waals surface area contributed by atoms with Gasteiger partial charge < -0.3 is 19.2 Å². The number of hydrogen-bond acceptors (Lipinski definition) is 5. The molecule has 26 heavy (non-hydrogen) atoms. The van der Waals surface area contributed by atoms with Crippen molar-refractivity contribution < 1.29 is 28.7 Å². The minimum atomic E-state index is -1.16. The number of rotatable bonds is 3. The number of esters is 1. The molecule has 1 fully saturated rings. The van der Waals surface area contributed by atoms with Gasteiger partial charge in [0.15, 0.2) is 0 Å². The van der Waals surface area contributed by atoms with Gasteiger partial charge in [0.05, 0.1) is 17.8 Å². The van der Waals surface area contributed by atoms with Gasteiger partial charge in [-0.05, 0) is 45.0 Å². The van der Waals surface area contributed by atoms with E-state index in [0.29, 0.717) is 5.47 Å². The molecule has 0 aromatic heterocycles. The number of carboxylic acid groups (broad SMARTS) is 1. The third-order valence-electron chi connectivity index (χ3n) is 5.05. The Bertz CT molecular complexity index is 591. The van der Waals surface area contributed by atoms with Gasteiger partial charge in [0.2, 0.25) is 0 Å². The summed E-state index contributed by atoms with van der Waals surface area (Å²) >= 11 is 0. The van der Waals surface area contributed by atoms with Crippen molar-refractivity contribution in [2.24, 2.45) is 5.41 Å². The Morgan fingerprint density at radius 1 is 1.27 bits per heavy atom. The van der Waals surface area contributed by atoms with E-state index in [2.05, 4.69) is 0 Å². The van der Waals surface area contributed by atoms with Gasteiger partial charge >= 0.3 is 19.2 Å². The topological polar surface area (TPSA) is 85.3 Å². The molecule has 0 radical (unpaired) electrons. The van der Waals surface area contributed by atoms with E-state index in [4.69, 9.17) is 14.0 Å². The highest BCUT2D eigenvalue weighted by Crippen LogP contribution is 2.39. The highest BCUT2D eigenvalue weighted by Gasteiger charge is 2.53. The number of nitrogens with zero attached hydrogens (tertiary/aromatic N) is 1. The Balaban J connectivity index is 2.12. The smallest absolute Gasteiger partial charge is 0.465 e. The Kier molecular flexibility index (Phi) is 5.50. The summed E-state index contributed by atoms with van der Waals surface area (Å²) in [6.45, 7) is 13.9. The summed E-state index contributed by atoms with van der Waals surface area (Å²) in [5, 5.41) is 9.56. The average molecular weight is 367 g/mol. The summed E-state index contributed by atoms with van der Waals surface area (Å²) in [7, 11) is -0.617. The normalized spacial score (nSPS) is 25.0. The van der Waals surface area contributed by atoms with Gasteiger partial charge in [-0.1, -0.05) is 26.8 Å². The Morgan fingerprint density at radius 2 is 1.81 bits per heavy atom. The van der Waals surface area contributed by atoms with Crippen LogP contribution in [0.25, 0.3) is 0 Å². The molecule has 2 aliphatic heterocycles. The van der Waals surface area contributed by atoms with Crippen molar-refractivity contribution >= 4 is 19.2 Å². The molecule has 2 rings (SSSR count). The summed E-state index contributed by atoms with van der Waals surface area (Å²) in [5.74, 6) is -0.522. The fourth-order valence-corrected chi connectivity index (χ4v) is 2.74. The molecule has 1 atom stereocenters. The average Bonchev–Trinajstić information content (AvgIpc) is 2.71. The predicted molar refractivity (Wildman–Crippen MR) is 97.7 cm³/mol. The molecule has 0 bridgehead atoms. The van der Waals surface area contributed by atoms with Crippen molar-refractivity contribution in [3.05, 3.63) is 11.5 Å². The van der Waals surface area contributed by atoms with E-state index in [1.165, 1.54) is 0 Å². The van der Waals surface area contributed by atoms with Crippen LogP contribution in [0.2, 0.25) is 0 Å². The van der Waals surface area contributed by atoms with Crippen molar-refractivity contribution in [3.63, 3.8) is 0 Å². The van der Waals surface area contributed by atoms with Crippen LogP contribution in [0, 0.1) is 5.41 Å². The second-order valence-corrected chi connectivity index (χ2v) is 9.20. The minimum Gasteiger partial charge on any atom is -0.465 e. The summed E-state index contributed by atoms with van der Waals surface area (Å²) in [6, 6.07) is -0.846. The first kappa shape index (κ1) is 20.8. The standard InChI is InChI=1S/C18H30BNO6/c1-16(2,3)11-24-14(21)13-9-8-12(10-20(13)15(22)23)19-25-17(4,5)18(6,7)26-19/h8,13H,9-11H2,1-7H3,(H,22,23). The van der Waals surface area contributed by atoms with Crippen LogP contribution < -0.4 is 0 Å². The summed E-state index contributed by atoms with van der Waals surface area (Å²) in [5.41, 5.74) is -0.475. The minimum absolute atomic E-state index is 0.0570. The van der Waals surface area contributed by atoms with Crippen molar-refractivity contribution in [2.45, 2.75) is 72.1 Å². The Morgan fingerprint density at radius 3 is 2.27 bits per heavy atom. The first-order valence-electron chi connectivity index (χ1n) is 8.94. The van der Waals surface area contributed by atoms with Crippen LogP contribution in [-0.2, 0) is 18.8 Å². The molecule has 0 saturated carbocycles. The van der Waals surface area contributed by atoms with E-state index in [-0.39, 0.29) is 25.0 Å². The number of carbonyl (C=O) groups excluding carboxylic acids is 1. The maximum absolute atomic E-state index is 12.4. The quantitative estimate of drug-likeness (QED) is 0.610.